The highest BCUT2D eigenvalue weighted by Crippen LogP contribution is 2.05. The Balaban J connectivity index is 1.59. The summed E-state index contributed by atoms with van der Waals surface area (Å²) in [6.07, 6.45) is 7.76. The molecule has 2 rings (SSSR count). The van der Waals surface area contributed by atoms with Gasteiger partial charge in [-0.05, 0) is 25.3 Å². The second-order valence-corrected chi connectivity index (χ2v) is 4.99. The number of amides is 1. The highest BCUT2D eigenvalue weighted by molar-refractivity contribution is 5.76. The summed E-state index contributed by atoms with van der Waals surface area (Å²) in [5, 5.41) is 2.95. The van der Waals surface area contributed by atoms with Gasteiger partial charge in [-0.25, -0.2) is 4.98 Å². The summed E-state index contributed by atoms with van der Waals surface area (Å²) >= 11 is 0. The van der Waals surface area contributed by atoms with Gasteiger partial charge in [0, 0.05) is 31.9 Å². The third kappa shape index (κ3) is 4.88. The standard InChI is InChI=1S/C16H21N3O/c1-14-3-5-15(6-4-14)7-8-16(20)18-9-2-11-19-12-10-17-13-19/h3-6,10,12-13H,2,7-9,11H2,1H3,(H,18,20). The smallest absolute Gasteiger partial charge is 0.220 e. The molecule has 2 aromatic rings. The van der Waals surface area contributed by atoms with Crippen molar-refractivity contribution in [2.45, 2.75) is 32.7 Å². The van der Waals surface area contributed by atoms with Crippen molar-refractivity contribution < 1.29 is 4.79 Å². The Morgan fingerprint density at radius 2 is 2.10 bits per heavy atom. The topological polar surface area (TPSA) is 46.9 Å². The molecule has 20 heavy (non-hydrogen) atoms. The van der Waals surface area contributed by atoms with Crippen LogP contribution in [-0.2, 0) is 17.8 Å². The van der Waals surface area contributed by atoms with Crippen molar-refractivity contribution in [3.63, 3.8) is 0 Å². The molecule has 0 unspecified atom stereocenters. The van der Waals surface area contributed by atoms with Crippen LogP contribution in [0.5, 0.6) is 0 Å². The Morgan fingerprint density at radius 1 is 1.30 bits per heavy atom. The van der Waals surface area contributed by atoms with Gasteiger partial charge in [-0.2, -0.15) is 0 Å². The summed E-state index contributed by atoms with van der Waals surface area (Å²) < 4.78 is 2.01. The van der Waals surface area contributed by atoms with Gasteiger partial charge in [-0.1, -0.05) is 29.8 Å². The predicted molar refractivity (Wildman–Crippen MR) is 79.4 cm³/mol. The fourth-order valence-corrected chi connectivity index (χ4v) is 2.01. The maximum atomic E-state index is 11.7. The van der Waals surface area contributed by atoms with Gasteiger partial charge >= 0.3 is 0 Å². The molecule has 0 bridgehead atoms. The van der Waals surface area contributed by atoms with Crippen LogP contribution in [0.2, 0.25) is 0 Å². The van der Waals surface area contributed by atoms with Crippen LogP contribution in [-0.4, -0.2) is 22.0 Å². The number of nitrogens with zero attached hydrogens (tertiary/aromatic N) is 2. The molecule has 4 heteroatoms. The number of hydrogen-bond acceptors (Lipinski definition) is 2. The zero-order chi connectivity index (χ0) is 14.2. The minimum Gasteiger partial charge on any atom is -0.356 e. The number of hydrogen-bond donors (Lipinski definition) is 1. The summed E-state index contributed by atoms with van der Waals surface area (Å²) in [6, 6.07) is 8.33. The third-order valence-corrected chi connectivity index (χ3v) is 3.24. The summed E-state index contributed by atoms with van der Waals surface area (Å²) in [7, 11) is 0. The highest BCUT2D eigenvalue weighted by Gasteiger charge is 2.01. The molecular formula is C16H21N3O. The van der Waals surface area contributed by atoms with Crippen LogP contribution in [0, 0.1) is 6.92 Å². The van der Waals surface area contributed by atoms with Crippen molar-refractivity contribution in [1.82, 2.24) is 14.9 Å². The van der Waals surface area contributed by atoms with Crippen molar-refractivity contribution in [3.8, 4) is 0 Å². The number of rotatable bonds is 7. The first-order chi connectivity index (χ1) is 9.74. The maximum Gasteiger partial charge on any atom is 0.220 e. The van der Waals surface area contributed by atoms with E-state index >= 15 is 0 Å². The van der Waals surface area contributed by atoms with Crippen LogP contribution < -0.4 is 5.32 Å². The minimum atomic E-state index is 0.121. The maximum absolute atomic E-state index is 11.7. The zero-order valence-electron chi connectivity index (χ0n) is 11.9. The van der Waals surface area contributed by atoms with Crippen LogP contribution in [0.3, 0.4) is 0 Å². The molecule has 1 amide bonds. The van der Waals surface area contributed by atoms with E-state index in [-0.39, 0.29) is 5.91 Å². The van der Waals surface area contributed by atoms with Crippen molar-refractivity contribution in [1.29, 1.82) is 0 Å². The summed E-state index contributed by atoms with van der Waals surface area (Å²) in [4.78, 5) is 15.7. The molecule has 0 saturated heterocycles. The number of carbonyl (C=O) groups is 1. The number of aryl methyl sites for hydroxylation is 3. The molecule has 0 fully saturated rings. The quantitative estimate of drug-likeness (QED) is 0.786. The van der Waals surface area contributed by atoms with E-state index in [0.29, 0.717) is 13.0 Å². The normalized spacial score (nSPS) is 10.4. The SMILES string of the molecule is Cc1ccc(CCC(=O)NCCCn2ccnc2)cc1. The van der Waals surface area contributed by atoms with Gasteiger partial charge in [-0.15, -0.1) is 0 Å². The lowest BCUT2D eigenvalue weighted by atomic mass is 10.1. The summed E-state index contributed by atoms with van der Waals surface area (Å²) in [6.45, 7) is 3.67. The van der Waals surface area contributed by atoms with E-state index in [1.54, 1.807) is 12.5 Å². The predicted octanol–water partition coefficient (Wildman–Crippen LogP) is 2.33. The van der Waals surface area contributed by atoms with E-state index in [1.165, 1.54) is 11.1 Å². The lowest BCUT2D eigenvalue weighted by molar-refractivity contribution is -0.121. The Kier molecular flexibility index (Phi) is 5.35. The Bertz CT molecular complexity index is 517. The van der Waals surface area contributed by atoms with E-state index in [4.69, 9.17) is 0 Å². The molecule has 1 heterocycles. The molecule has 4 nitrogen and oxygen atoms in total. The van der Waals surface area contributed by atoms with Crippen LogP contribution in [0.15, 0.2) is 43.0 Å². The number of benzene rings is 1. The monoisotopic (exact) mass is 271 g/mol. The fraction of sp³-hybridized carbons (Fsp3) is 0.375. The summed E-state index contributed by atoms with van der Waals surface area (Å²) in [5.74, 6) is 0.121. The number of carbonyl (C=O) groups excluding carboxylic acids is 1. The molecule has 0 spiro atoms. The van der Waals surface area contributed by atoms with Gasteiger partial charge in [-0.3, -0.25) is 4.79 Å². The van der Waals surface area contributed by atoms with E-state index in [2.05, 4.69) is 41.5 Å². The Morgan fingerprint density at radius 3 is 2.80 bits per heavy atom. The lowest BCUT2D eigenvalue weighted by Crippen LogP contribution is -2.25. The number of nitrogens with one attached hydrogen (secondary N) is 1. The van der Waals surface area contributed by atoms with Gasteiger partial charge in [0.25, 0.3) is 0 Å². The second-order valence-electron chi connectivity index (χ2n) is 4.99. The molecular weight excluding hydrogens is 250 g/mol. The first kappa shape index (κ1) is 14.3. The molecule has 1 N–H and O–H groups in total. The molecule has 0 radical (unpaired) electrons. The lowest BCUT2D eigenvalue weighted by Gasteiger charge is -2.06. The minimum absolute atomic E-state index is 0.121. The van der Waals surface area contributed by atoms with E-state index < -0.39 is 0 Å². The van der Waals surface area contributed by atoms with Crippen molar-refractivity contribution in [2.75, 3.05) is 6.54 Å². The van der Waals surface area contributed by atoms with Crippen LogP contribution in [0.1, 0.15) is 24.0 Å². The van der Waals surface area contributed by atoms with Gasteiger partial charge in [0.2, 0.25) is 5.91 Å². The highest BCUT2D eigenvalue weighted by atomic mass is 16.1. The summed E-state index contributed by atoms with van der Waals surface area (Å²) in [5.41, 5.74) is 2.46. The third-order valence-electron chi connectivity index (χ3n) is 3.24. The largest absolute Gasteiger partial charge is 0.356 e. The van der Waals surface area contributed by atoms with Crippen LogP contribution >= 0.6 is 0 Å². The molecule has 0 atom stereocenters. The molecule has 106 valence electrons. The van der Waals surface area contributed by atoms with E-state index in [9.17, 15) is 4.79 Å². The average Bonchev–Trinajstić information content (AvgIpc) is 2.96. The van der Waals surface area contributed by atoms with Gasteiger partial charge in [0.15, 0.2) is 0 Å². The Hall–Kier alpha value is -2.10. The van der Waals surface area contributed by atoms with Crippen molar-refractivity contribution >= 4 is 5.91 Å². The zero-order valence-corrected chi connectivity index (χ0v) is 11.9. The van der Waals surface area contributed by atoms with Crippen LogP contribution in [0.25, 0.3) is 0 Å². The molecule has 1 aromatic heterocycles. The molecule has 0 saturated carbocycles. The first-order valence-electron chi connectivity index (χ1n) is 7.02. The van der Waals surface area contributed by atoms with Crippen molar-refractivity contribution in [2.24, 2.45) is 0 Å². The van der Waals surface area contributed by atoms with Gasteiger partial charge < -0.3 is 9.88 Å². The van der Waals surface area contributed by atoms with Gasteiger partial charge in [0.1, 0.15) is 0 Å². The first-order valence-corrected chi connectivity index (χ1v) is 7.02. The Labute approximate surface area is 119 Å². The molecule has 1 aromatic carbocycles. The molecule has 0 aliphatic heterocycles. The average molecular weight is 271 g/mol. The second kappa shape index (κ2) is 7.48. The molecule has 0 aliphatic rings. The fourth-order valence-electron chi connectivity index (χ4n) is 2.01. The van der Waals surface area contributed by atoms with Crippen molar-refractivity contribution in [3.05, 3.63) is 54.1 Å². The van der Waals surface area contributed by atoms with Gasteiger partial charge in [0.05, 0.1) is 6.33 Å². The van der Waals surface area contributed by atoms with E-state index in [1.807, 2.05) is 10.8 Å². The van der Waals surface area contributed by atoms with Crippen LogP contribution in [0.4, 0.5) is 0 Å². The molecule has 0 aliphatic carbocycles. The van der Waals surface area contributed by atoms with E-state index in [0.717, 1.165) is 19.4 Å². The number of imidazole rings is 1. The number of aromatic nitrogens is 2.